The monoisotopic (exact) mass is 557 g/mol. The quantitative estimate of drug-likeness (QED) is 0.252. The molecule has 9 heteroatoms. The van der Waals surface area contributed by atoms with E-state index in [1.54, 1.807) is 71.6 Å². The van der Waals surface area contributed by atoms with Gasteiger partial charge < -0.3 is 15.0 Å². The fraction of sp³-hybridized carbons (Fsp3) is 0.161. The molecule has 0 atom stereocenters. The lowest BCUT2D eigenvalue weighted by molar-refractivity contribution is -0.114. The number of carbonyl (C=O) groups is 2. The zero-order valence-corrected chi connectivity index (χ0v) is 23.2. The molecule has 0 heterocycles. The fourth-order valence-electron chi connectivity index (χ4n) is 4.12. The predicted molar refractivity (Wildman–Crippen MR) is 156 cm³/mol. The average Bonchev–Trinajstić information content (AvgIpc) is 2.98. The molecule has 0 unspecified atom stereocenters. The summed E-state index contributed by atoms with van der Waals surface area (Å²) in [5.74, 6) is 0.342. The number of nitrogens with one attached hydrogen (secondary N) is 1. The number of carbonyl (C=O) groups excluding carboxylic acids is 2. The largest absolute Gasteiger partial charge is 0.457 e. The Hall–Kier alpha value is -4.63. The van der Waals surface area contributed by atoms with E-state index in [0.717, 1.165) is 4.31 Å². The van der Waals surface area contributed by atoms with E-state index in [-0.39, 0.29) is 16.5 Å². The zero-order valence-electron chi connectivity index (χ0n) is 22.4. The van der Waals surface area contributed by atoms with Crippen molar-refractivity contribution < 1.29 is 22.7 Å². The summed E-state index contributed by atoms with van der Waals surface area (Å²) in [5, 5.41) is 2.75. The van der Waals surface area contributed by atoms with Gasteiger partial charge in [0.2, 0.25) is 5.91 Å². The molecule has 0 radical (unpaired) electrons. The number of rotatable bonds is 11. The fourth-order valence-corrected chi connectivity index (χ4v) is 5.56. The molecule has 0 saturated heterocycles. The first kappa shape index (κ1) is 28.4. The van der Waals surface area contributed by atoms with E-state index in [9.17, 15) is 18.0 Å². The first-order valence-corrected chi connectivity index (χ1v) is 14.4. The van der Waals surface area contributed by atoms with Gasteiger partial charge in [0.1, 0.15) is 18.0 Å². The highest BCUT2D eigenvalue weighted by Gasteiger charge is 2.28. The minimum atomic E-state index is -4.10. The van der Waals surface area contributed by atoms with Gasteiger partial charge in [-0.15, -0.1) is 0 Å². The van der Waals surface area contributed by atoms with Crippen molar-refractivity contribution >= 4 is 33.2 Å². The Bertz CT molecular complexity index is 1540. The van der Waals surface area contributed by atoms with E-state index in [4.69, 9.17) is 4.74 Å². The molecule has 0 fully saturated rings. The second-order valence-corrected chi connectivity index (χ2v) is 10.7. The summed E-state index contributed by atoms with van der Waals surface area (Å²) < 4.78 is 34.3. The number of sulfonamides is 1. The summed E-state index contributed by atoms with van der Waals surface area (Å²) in [6.45, 7) is 4.29. The summed E-state index contributed by atoms with van der Waals surface area (Å²) in [6, 6.07) is 30.3. The predicted octanol–water partition coefficient (Wildman–Crippen LogP) is 5.79. The van der Waals surface area contributed by atoms with Gasteiger partial charge in [-0.3, -0.25) is 13.9 Å². The van der Waals surface area contributed by atoms with E-state index in [1.807, 2.05) is 44.2 Å². The first-order valence-electron chi connectivity index (χ1n) is 12.9. The molecule has 0 spiro atoms. The van der Waals surface area contributed by atoms with Gasteiger partial charge in [0.05, 0.1) is 21.8 Å². The van der Waals surface area contributed by atoms with Crippen LogP contribution in [-0.4, -0.2) is 44.8 Å². The van der Waals surface area contributed by atoms with Crippen molar-refractivity contribution in [3.05, 3.63) is 115 Å². The Morgan fingerprint density at radius 1 is 0.725 bits per heavy atom. The Balaban J connectivity index is 1.62. The Morgan fingerprint density at radius 3 is 1.90 bits per heavy atom. The number of nitrogens with zero attached hydrogens (tertiary/aromatic N) is 2. The van der Waals surface area contributed by atoms with Crippen LogP contribution in [0, 0.1) is 0 Å². The molecule has 0 aliphatic rings. The highest BCUT2D eigenvalue weighted by Crippen LogP contribution is 2.28. The Morgan fingerprint density at radius 2 is 1.27 bits per heavy atom. The molecule has 2 amide bonds. The molecule has 4 aromatic rings. The number of hydrogen-bond donors (Lipinski definition) is 1. The molecular weight excluding hydrogens is 526 g/mol. The SMILES string of the molecule is CCN(CC)C(=O)c1ccccc1NC(=O)CN(c1ccc(Oc2ccccc2)cc1)S(=O)(=O)c1ccccc1. The highest BCUT2D eigenvalue weighted by atomic mass is 32.2. The van der Waals surface area contributed by atoms with Gasteiger partial charge in [-0.1, -0.05) is 48.5 Å². The van der Waals surface area contributed by atoms with Crippen molar-refractivity contribution in [2.45, 2.75) is 18.7 Å². The molecule has 40 heavy (non-hydrogen) atoms. The number of anilines is 2. The lowest BCUT2D eigenvalue weighted by atomic mass is 10.1. The van der Waals surface area contributed by atoms with Crippen LogP contribution in [-0.2, 0) is 14.8 Å². The van der Waals surface area contributed by atoms with E-state index in [2.05, 4.69) is 5.32 Å². The molecule has 0 aromatic heterocycles. The van der Waals surface area contributed by atoms with Crippen molar-refractivity contribution in [1.82, 2.24) is 4.90 Å². The minimum absolute atomic E-state index is 0.0459. The van der Waals surface area contributed by atoms with Gasteiger partial charge >= 0.3 is 0 Å². The molecule has 206 valence electrons. The molecule has 4 rings (SSSR count). The maximum atomic E-state index is 13.7. The molecule has 0 aliphatic carbocycles. The summed E-state index contributed by atoms with van der Waals surface area (Å²) in [6.07, 6.45) is 0. The smallest absolute Gasteiger partial charge is 0.264 e. The summed E-state index contributed by atoms with van der Waals surface area (Å²) >= 11 is 0. The molecule has 0 bridgehead atoms. The summed E-state index contributed by atoms with van der Waals surface area (Å²) in [7, 11) is -4.10. The molecular formula is C31H31N3O5S. The lowest BCUT2D eigenvalue weighted by Crippen LogP contribution is -2.38. The van der Waals surface area contributed by atoms with Crippen LogP contribution >= 0.6 is 0 Å². The number of ether oxygens (including phenoxy) is 1. The first-order chi connectivity index (χ1) is 19.3. The van der Waals surface area contributed by atoms with Crippen molar-refractivity contribution in [2.24, 2.45) is 0 Å². The molecule has 8 nitrogen and oxygen atoms in total. The molecule has 0 saturated carbocycles. The Kier molecular flexibility index (Phi) is 9.19. The van der Waals surface area contributed by atoms with Crippen molar-refractivity contribution in [1.29, 1.82) is 0 Å². The molecule has 0 aliphatic heterocycles. The van der Waals surface area contributed by atoms with Gasteiger partial charge in [0.15, 0.2) is 0 Å². The summed E-state index contributed by atoms with van der Waals surface area (Å²) in [5.41, 5.74) is 0.930. The van der Waals surface area contributed by atoms with E-state index in [1.165, 1.54) is 12.1 Å². The topological polar surface area (TPSA) is 96.0 Å². The van der Waals surface area contributed by atoms with Gasteiger partial charge in [-0.25, -0.2) is 8.42 Å². The highest BCUT2D eigenvalue weighted by molar-refractivity contribution is 7.92. The third-order valence-corrected chi connectivity index (χ3v) is 7.99. The van der Waals surface area contributed by atoms with Crippen LogP contribution < -0.4 is 14.4 Å². The van der Waals surface area contributed by atoms with Crippen LogP contribution in [0.15, 0.2) is 114 Å². The van der Waals surface area contributed by atoms with Crippen molar-refractivity contribution in [2.75, 3.05) is 29.3 Å². The maximum Gasteiger partial charge on any atom is 0.264 e. The van der Waals surface area contributed by atoms with Crippen LogP contribution in [0.1, 0.15) is 24.2 Å². The summed E-state index contributed by atoms with van der Waals surface area (Å²) in [4.78, 5) is 28.0. The van der Waals surface area contributed by atoms with Gasteiger partial charge in [-0.05, 0) is 74.5 Å². The second kappa shape index (κ2) is 12.9. The van der Waals surface area contributed by atoms with Crippen LogP contribution in [0.3, 0.4) is 0 Å². The average molecular weight is 558 g/mol. The Labute approximate surface area is 234 Å². The van der Waals surface area contributed by atoms with Gasteiger partial charge in [-0.2, -0.15) is 0 Å². The molecule has 4 aromatic carbocycles. The van der Waals surface area contributed by atoms with Crippen LogP contribution in [0.2, 0.25) is 0 Å². The van der Waals surface area contributed by atoms with E-state index in [0.29, 0.717) is 35.8 Å². The van der Waals surface area contributed by atoms with Crippen molar-refractivity contribution in [3.8, 4) is 11.5 Å². The number of hydrogen-bond acceptors (Lipinski definition) is 5. The van der Waals surface area contributed by atoms with Gasteiger partial charge in [0.25, 0.3) is 15.9 Å². The maximum absolute atomic E-state index is 13.7. The number of benzene rings is 4. The third-order valence-electron chi connectivity index (χ3n) is 6.20. The van der Waals surface area contributed by atoms with Crippen LogP contribution in [0.5, 0.6) is 11.5 Å². The van der Waals surface area contributed by atoms with E-state index < -0.39 is 22.5 Å². The third kappa shape index (κ3) is 6.68. The normalized spacial score (nSPS) is 10.9. The van der Waals surface area contributed by atoms with Crippen LogP contribution in [0.4, 0.5) is 11.4 Å². The number of amides is 2. The zero-order chi connectivity index (χ0) is 28.5. The second-order valence-electron chi connectivity index (χ2n) is 8.80. The van der Waals surface area contributed by atoms with Crippen LogP contribution in [0.25, 0.3) is 0 Å². The van der Waals surface area contributed by atoms with Gasteiger partial charge in [0, 0.05) is 13.1 Å². The van der Waals surface area contributed by atoms with E-state index >= 15 is 0 Å². The van der Waals surface area contributed by atoms with Crippen molar-refractivity contribution in [3.63, 3.8) is 0 Å². The minimum Gasteiger partial charge on any atom is -0.457 e. The molecule has 1 N–H and O–H groups in total. The standard InChI is InChI=1S/C31H31N3O5S/c1-3-33(4-2)31(36)28-17-11-12-18-29(28)32-30(35)23-34(40(37,38)27-15-9-6-10-16-27)24-19-21-26(22-20-24)39-25-13-7-5-8-14-25/h5-22H,3-4,23H2,1-2H3,(H,32,35). The lowest BCUT2D eigenvalue weighted by Gasteiger charge is -2.25. The number of para-hydroxylation sites is 2.